The molecular weight excluding hydrogens is 290 g/mol. The fourth-order valence-corrected chi connectivity index (χ4v) is 2.26. The van der Waals surface area contributed by atoms with Gasteiger partial charge in [-0.3, -0.25) is 0 Å². The Morgan fingerprint density at radius 2 is 2.22 bits per heavy atom. The Morgan fingerprint density at radius 1 is 1.44 bits per heavy atom. The first kappa shape index (κ1) is 14.0. The van der Waals surface area contributed by atoms with Gasteiger partial charge in [0.15, 0.2) is 0 Å². The van der Waals surface area contributed by atoms with Crippen LogP contribution < -0.4 is 5.32 Å². The van der Waals surface area contributed by atoms with Crippen molar-refractivity contribution in [2.75, 3.05) is 0 Å². The van der Waals surface area contributed by atoms with E-state index in [1.807, 2.05) is 0 Å². The minimum Gasteiger partial charge on any atom is -0.374 e. The average Bonchev–Trinajstić information content (AvgIpc) is 3.18. The third-order valence-electron chi connectivity index (χ3n) is 3.39. The number of rotatable bonds is 7. The predicted octanol–water partition coefficient (Wildman–Crippen LogP) is 4.02. The molecule has 0 saturated heterocycles. The van der Waals surface area contributed by atoms with Crippen LogP contribution in [0.3, 0.4) is 0 Å². The quantitative estimate of drug-likeness (QED) is 0.821. The molecular formula is C15H22BrNO. The van der Waals surface area contributed by atoms with Gasteiger partial charge < -0.3 is 10.1 Å². The van der Waals surface area contributed by atoms with Gasteiger partial charge >= 0.3 is 0 Å². The highest BCUT2D eigenvalue weighted by atomic mass is 79.9. The Morgan fingerprint density at radius 3 is 2.83 bits per heavy atom. The summed E-state index contributed by atoms with van der Waals surface area (Å²) in [6, 6.07) is 7.31. The molecule has 0 spiro atoms. The van der Waals surface area contributed by atoms with Gasteiger partial charge in [0.05, 0.1) is 12.7 Å². The molecule has 0 aliphatic heterocycles. The summed E-state index contributed by atoms with van der Waals surface area (Å²) in [4.78, 5) is 0. The lowest BCUT2D eigenvalue weighted by atomic mass is 10.1. The number of halogens is 1. The van der Waals surface area contributed by atoms with Crippen LogP contribution in [0.2, 0.25) is 0 Å². The molecule has 1 atom stereocenters. The van der Waals surface area contributed by atoms with E-state index in [-0.39, 0.29) is 0 Å². The third kappa shape index (κ3) is 4.38. The van der Waals surface area contributed by atoms with Crippen LogP contribution in [0.25, 0.3) is 0 Å². The highest BCUT2D eigenvalue weighted by molar-refractivity contribution is 9.10. The van der Waals surface area contributed by atoms with Gasteiger partial charge in [-0.25, -0.2) is 0 Å². The van der Waals surface area contributed by atoms with E-state index in [4.69, 9.17) is 4.74 Å². The first-order chi connectivity index (χ1) is 8.69. The summed E-state index contributed by atoms with van der Waals surface area (Å²) in [5, 5.41) is 3.53. The van der Waals surface area contributed by atoms with E-state index in [0.29, 0.717) is 12.7 Å². The lowest BCUT2D eigenvalue weighted by molar-refractivity contribution is 0.0505. The molecule has 0 radical (unpaired) electrons. The molecule has 1 fully saturated rings. The van der Waals surface area contributed by atoms with Crippen molar-refractivity contribution in [3.05, 3.63) is 33.8 Å². The average molecular weight is 312 g/mol. The van der Waals surface area contributed by atoms with E-state index < -0.39 is 0 Å². The highest BCUT2D eigenvalue weighted by Crippen LogP contribution is 2.22. The van der Waals surface area contributed by atoms with Crippen molar-refractivity contribution in [1.29, 1.82) is 0 Å². The largest absolute Gasteiger partial charge is 0.374 e. The summed E-state index contributed by atoms with van der Waals surface area (Å²) < 4.78 is 6.91. The normalized spacial score (nSPS) is 16.8. The fourth-order valence-electron chi connectivity index (χ4n) is 1.72. The second-order valence-corrected chi connectivity index (χ2v) is 5.97. The van der Waals surface area contributed by atoms with Crippen LogP contribution in [0.5, 0.6) is 0 Å². The smallest absolute Gasteiger partial charge is 0.0731 e. The molecule has 100 valence electrons. The second kappa shape index (κ2) is 6.69. The van der Waals surface area contributed by atoms with Gasteiger partial charge in [-0.15, -0.1) is 0 Å². The van der Waals surface area contributed by atoms with Gasteiger partial charge in [0, 0.05) is 17.1 Å². The molecule has 1 aliphatic carbocycles. The van der Waals surface area contributed by atoms with E-state index in [1.165, 1.54) is 24.0 Å². The van der Waals surface area contributed by atoms with Crippen LogP contribution >= 0.6 is 15.9 Å². The summed E-state index contributed by atoms with van der Waals surface area (Å²) in [5.41, 5.74) is 2.56. The molecule has 0 aromatic heterocycles. The Kier molecular flexibility index (Phi) is 5.22. The first-order valence-electron chi connectivity index (χ1n) is 6.81. The molecule has 1 aromatic carbocycles. The number of ether oxygens (including phenoxy) is 1. The Hall–Kier alpha value is -0.380. The molecule has 18 heavy (non-hydrogen) atoms. The van der Waals surface area contributed by atoms with Crippen molar-refractivity contribution in [2.24, 2.45) is 0 Å². The lowest BCUT2D eigenvalue weighted by Gasteiger charge is -2.12. The molecule has 3 heteroatoms. The molecule has 0 amide bonds. The second-order valence-electron chi connectivity index (χ2n) is 5.11. The Balaban J connectivity index is 1.87. The first-order valence-corrected chi connectivity index (χ1v) is 7.60. The van der Waals surface area contributed by atoms with Crippen LogP contribution in [0.15, 0.2) is 22.7 Å². The molecule has 1 saturated carbocycles. The van der Waals surface area contributed by atoms with Gasteiger partial charge in [0.25, 0.3) is 0 Å². The topological polar surface area (TPSA) is 21.3 Å². The van der Waals surface area contributed by atoms with Crippen molar-refractivity contribution in [3.63, 3.8) is 0 Å². The van der Waals surface area contributed by atoms with Gasteiger partial charge in [-0.2, -0.15) is 0 Å². The maximum atomic E-state index is 5.76. The Bertz CT molecular complexity index is 390. The zero-order chi connectivity index (χ0) is 13.0. The SMILES string of the molecule is CCC(C)OCc1ccc(CNC2CC2)cc1Br. The fraction of sp³-hybridized carbons (Fsp3) is 0.600. The van der Waals surface area contributed by atoms with E-state index in [1.54, 1.807) is 0 Å². The van der Waals surface area contributed by atoms with E-state index in [0.717, 1.165) is 23.5 Å². The summed E-state index contributed by atoms with van der Waals surface area (Å²) in [5.74, 6) is 0. The van der Waals surface area contributed by atoms with Crippen LogP contribution in [0, 0.1) is 0 Å². The highest BCUT2D eigenvalue weighted by Gasteiger charge is 2.19. The van der Waals surface area contributed by atoms with Crippen LogP contribution in [0.4, 0.5) is 0 Å². The minimum atomic E-state index is 0.327. The Labute approximate surface area is 118 Å². The number of nitrogens with one attached hydrogen (secondary N) is 1. The van der Waals surface area contributed by atoms with Gasteiger partial charge in [0.1, 0.15) is 0 Å². The van der Waals surface area contributed by atoms with Crippen LogP contribution in [0.1, 0.15) is 44.2 Å². The maximum absolute atomic E-state index is 5.76. The number of hydrogen-bond donors (Lipinski definition) is 1. The van der Waals surface area contributed by atoms with Crippen LogP contribution in [-0.4, -0.2) is 12.1 Å². The van der Waals surface area contributed by atoms with Crippen molar-refractivity contribution in [2.45, 2.75) is 58.4 Å². The summed E-state index contributed by atoms with van der Waals surface area (Å²) in [6.45, 7) is 5.91. The monoisotopic (exact) mass is 311 g/mol. The molecule has 1 unspecified atom stereocenters. The maximum Gasteiger partial charge on any atom is 0.0731 e. The number of benzene rings is 1. The van der Waals surface area contributed by atoms with Crippen molar-refractivity contribution in [1.82, 2.24) is 5.32 Å². The predicted molar refractivity (Wildman–Crippen MR) is 78.5 cm³/mol. The van der Waals surface area contributed by atoms with Crippen molar-refractivity contribution < 1.29 is 4.74 Å². The van der Waals surface area contributed by atoms with E-state index >= 15 is 0 Å². The zero-order valence-corrected chi connectivity index (χ0v) is 12.8. The van der Waals surface area contributed by atoms with Crippen molar-refractivity contribution in [3.8, 4) is 0 Å². The summed E-state index contributed by atoms with van der Waals surface area (Å²) >= 11 is 3.63. The molecule has 1 N–H and O–H groups in total. The summed E-state index contributed by atoms with van der Waals surface area (Å²) in [7, 11) is 0. The van der Waals surface area contributed by atoms with Gasteiger partial charge in [-0.05, 0) is 43.4 Å². The molecule has 2 rings (SSSR count). The van der Waals surface area contributed by atoms with E-state index in [9.17, 15) is 0 Å². The van der Waals surface area contributed by atoms with Gasteiger partial charge in [0.2, 0.25) is 0 Å². The molecule has 1 aromatic rings. The molecule has 0 bridgehead atoms. The lowest BCUT2D eigenvalue weighted by Crippen LogP contribution is -2.15. The molecule has 1 aliphatic rings. The standard InChI is InChI=1S/C15H22BrNO/c1-3-11(2)18-10-13-5-4-12(8-15(13)16)9-17-14-6-7-14/h4-5,8,11,14,17H,3,6-7,9-10H2,1-2H3. The molecule has 2 nitrogen and oxygen atoms in total. The third-order valence-corrected chi connectivity index (χ3v) is 4.13. The summed E-state index contributed by atoms with van der Waals surface area (Å²) in [6.07, 6.45) is 4.05. The van der Waals surface area contributed by atoms with Gasteiger partial charge in [-0.1, -0.05) is 35.0 Å². The molecule has 0 heterocycles. The zero-order valence-electron chi connectivity index (χ0n) is 11.2. The minimum absolute atomic E-state index is 0.327. The number of hydrogen-bond acceptors (Lipinski definition) is 2. The van der Waals surface area contributed by atoms with Crippen LogP contribution in [-0.2, 0) is 17.9 Å². The van der Waals surface area contributed by atoms with E-state index in [2.05, 4.69) is 53.3 Å². The van der Waals surface area contributed by atoms with Crippen molar-refractivity contribution >= 4 is 15.9 Å².